The lowest BCUT2D eigenvalue weighted by Crippen LogP contribution is -2.35. The topological polar surface area (TPSA) is 57.5 Å². The molecule has 0 amide bonds. The molecule has 0 aromatic heterocycles. The Bertz CT molecular complexity index is 259. The van der Waals surface area contributed by atoms with Crippen LogP contribution in [0.1, 0.15) is 12.8 Å². The molecule has 2 rings (SSSR count). The van der Waals surface area contributed by atoms with Gasteiger partial charge in [0.2, 0.25) is 0 Å². The quantitative estimate of drug-likeness (QED) is 0.670. The summed E-state index contributed by atoms with van der Waals surface area (Å²) in [5.41, 5.74) is 0. The Morgan fingerprint density at radius 3 is 2.50 bits per heavy atom. The second kappa shape index (κ2) is 3.83. The summed E-state index contributed by atoms with van der Waals surface area (Å²) >= 11 is 0. The van der Waals surface area contributed by atoms with Crippen molar-refractivity contribution >= 4 is 5.78 Å². The summed E-state index contributed by atoms with van der Waals surface area (Å²) in [6.45, 7) is 0.207. The number of rotatable bonds is 2. The zero-order chi connectivity index (χ0) is 10.1. The highest BCUT2D eigenvalue weighted by Gasteiger charge is 2.40. The van der Waals surface area contributed by atoms with Crippen LogP contribution in [0.5, 0.6) is 0 Å². The van der Waals surface area contributed by atoms with Crippen molar-refractivity contribution in [2.24, 2.45) is 23.7 Å². The van der Waals surface area contributed by atoms with Gasteiger partial charge in [0.15, 0.2) is 5.78 Å². The van der Waals surface area contributed by atoms with E-state index in [0.29, 0.717) is 5.92 Å². The molecule has 3 nitrogen and oxygen atoms in total. The molecule has 0 saturated heterocycles. The molecule has 0 heterocycles. The van der Waals surface area contributed by atoms with Crippen LogP contribution in [0.2, 0.25) is 0 Å². The largest absolute Gasteiger partial charge is 0.396 e. The molecule has 1 fully saturated rings. The fraction of sp³-hybridized carbons (Fsp3) is 0.727. The third kappa shape index (κ3) is 1.51. The molecule has 4 atom stereocenters. The van der Waals surface area contributed by atoms with Gasteiger partial charge in [0, 0.05) is 19.1 Å². The van der Waals surface area contributed by atoms with Crippen LogP contribution in [0, 0.1) is 23.7 Å². The number of carbonyl (C=O) groups is 1. The van der Waals surface area contributed by atoms with Crippen molar-refractivity contribution in [1.29, 1.82) is 0 Å². The van der Waals surface area contributed by atoms with E-state index in [0.717, 1.165) is 12.8 Å². The van der Waals surface area contributed by atoms with Crippen LogP contribution in [0.15, 0.2) is 12.2 Å². The molecule has 4 unspecified atom stereocenters. The van der Waals surface area contributed by atoms with Gasteiger partial charge in [-0.25, -0.2) is 0 Å². The first-order valence-corrected chi connectivity index (χ1v) is 5.20. The van der Waals surface area contributed by atoms with Gasteiger partial charge in [-0.1, -0.05) is 6.08 Å². The second-order valence-electron chi connectivity index (χ2n) is 4.39. The van der Waals surface area contributed by atoms with E-state index >= 15 is 0 Å². The standard InChI is InChI=1S/C11H16O3/c12-5-8-3-7-1-2-11(14)10(7)4-9(8)6-13/h1-2,7-10,12-13H,3-6H2. The van der Waals surface area contributed by atoms with E-state index in [4.69, 9.17) is 10.2 Å². The highest BCUT2D eigenvalue weighted by Crippen LogP contribution is 2.41. The van der Waals surface area contributed by atoms with Gasteiger partial charge in [0.25, 0.3) is 0 Å². The van der Waals surface area contributed by atoms with E-state index in [9.17, 15) is 4.79 Å². The first kappa shape index (κ1) is 9.87. The molecule has 1 saturated carbocycles. The van der Waals surface area contributed by atoms with E-state index in [-0.39, 0.29) is 36.8 Å². The predicted octanol–water partition coefficient (Wildman–Crippen LogP) is 0.368. The van der Waals surface area contributed by atoms with Crippen LogP contribution < -0.4 is 0 Å². The van der Waals surface area contributed by atoms with E-state index in [1.165, 1.54) is 0 Å². The van der Waals surface area contributed by atoms with Crippen molar-refractivity contribution in [1.82, 2.24) is 0 Å². The number of allylic oxidation sites excluding steroid dienone is 2. The molecular formula is C11H16O3. The number of carbonyl (C=O) groups excluding carboxylic acids is 1. The fourth-order valence-corrected chi connectivity index (χ4v) is 2.73. The van der Waals surface area contributed by atoms with E-state index in [1.54, 1.807) is 6.08 Å². The van der Waals surface area contributed by atoms with Crippen LogP contribution in [-0.2, 0) is 4.79 Å². The molecule has 2 aliphatic rings. The van der Waals surface area contributed by atoms with Gasteiger partial charge in [-0.05, 0) is 36.7 Å². The van der Waals surface area contributed by atoms with E-state index in [1.807, 2.05) is 6.08 Å². The molecule has 0 aromatic carbocycles. The zero-order valence-corrected chi connectivity index (χ0v) is 8.10. The average molecular weight is 196 g/mol. The van der Waals surface area contributed by atoms with Gasteiger partial charge in [-0.15, -0.1) is 0 Å². The molecule has 78 valence electrons. The van der Waals surface area contributed by atoms with Gasteiger partial charge in [-0.3, -0.25) is 4.79 Å². The van der Waals surface area contributed by atoms with Crippen LogP contribution in [-0.4, -0.2) is 29.2 Å². The molecule has 3 heteroatoms. The van der Waals surface area contributed by atoms with Crippen LogP contribution in [0.4, 0.5) is 0 Å². The maximum Gasteiger partial charge on any atom is 0.159 e. The van der Waals surface area contributed by atoms with Crippen LogP contribution in [0.25, 0.3) is 0 Å². The SMILES string of the molecule is O=C1C=CC2CC(CO)C(CO)CC12. The minimum atomic E-state index is 0.0787. The Morgan fingerprint density at radius 1 is 1.21 bits per heavy atom. The fourth-order valence-electron chi connectivity index (χ4n) is 2.73. The van der Waals surface area contributed by atoms with Crippen molar-refractivity contribution < 1.29 is 15.0 Å². The molecule has 0 radical (unpaired) electrons. The van der Waals surface area contributed by atoms with Gasteiger partial charge in [0.05, 0.1) is 0 Å². The number of hydrogen-bond donors (Lipinski definition) is 2. The number of hydrogen-bond acceptors (Lipinski definition) is 3. The molecule has 2 aliphatic carbocycles. The summed E-state index contributed by atoms with van der Waals surface area (Å²) in [4.78, 5) is 11.4. The van der Waals surface area contributed by atoms with Crippen molar-refractivity contribution in [3.05, 3.63) is 12.2 Å². The van der Waals surface area contributed by atoms with Crippen molar-refractivity contribution in [2.75, 3.05) is 13.2 Å². The molecule has 0 aliphatic heterocycles. The maximum atomic E-state index is 11.4. The summed E-state index contributed by atoms with van der Waals surface area (Å²) in [6.07, 6.45) is 5.19. The number of fused-ring (bicyclic) bond motifs is 1. The number of aliphatic hydroxyl groups is 2. The predicted molar refractivity (Wildman–Crippen MR) is 51.5 cm³/mol. The van der Waals surface area contributed by atoms with Crippen molar-refractivity contribution in [3.63, 3.8) is 0 Å². The first-order valence-electron chi connectivity index (χ1n) is 5.20. The third-order valence-corrected chi connectivity index (χ3v) is 3.66. The summed E-state index contributed by atoms with van der Waals surface area (Å²) < 4.78 is 0. The zero-order valence-electron chi connectivity index (χ0n) is 8.10. The Balaban J connectivity index is 2.09. The smallest absolute Gasteiger partial charge is 0.159 e. The summed E-state index contributed by atoms with van der Waals surface area (Å²) in [5, 5.41) is 18.3. The monoisotopic (exact) mass is 196 g/mol. The Morgan fingerprint density at radius 2 is 1.86 bits per heavy atom. The Labute approximate surface area is 83.4 Å². The number of ketones is 1. The molecular weight excluding hydrogens is 180 g/mol. The molecule has 0 aromatic rings. The van der Waals surface area contributed by atoms with Gasteiger partial charge >= 0.3 is 0 Å². The highest BCUT2D eigenvalue weighted by molar-refractivity contribution is 5.94. The normalized spacial score (nSPS) is 41.4. The lowest BCUT2D eigenvalue weighted by atomic mass is 9.69. The van der Waals surface area contributed by atoms with E-state index in [2.05, 4.69) is 0 Å². The number of aliphatic hydroxyl groups excluding tert-OH is 2. The minimum absolute atomic E-state index is 0.0787. The van der Waals surface area contributed by atoms with Crippen molar-refractivity contribution in [3.8, 4) is 0 Å². The Kier molecular flexibility index (Phi) is 2.70. The lowest BCUT2D eigenvalue weighted by Gasteiger charge is -2.35. The molecule has 0 bridgehead atoms. The summed E-state index contributed by atoms with van der Waals surface area (Å²) in [6, 6.07) is 0. The summed E-state index contributed by atoms with van der Waals surface area (Å²) in [7, 11) is 0. The molecule has 0 spiro atoms. The highest BCUT2D eigenvalue weighted by atomic mass is 16.3. The van der Waals surface area contributed by atoms with Gasteiger partial charge in [0.1, 0.15) is 0 Å². The summed E-state index contributed by atoms with van der Waals surface area (Å²) in [5.74, 6) is 0.851. The van der Waals surface area contributed by atoms with Gasteiger partial charge in [-0.2, -0.15) is 0 Å². The minimum Gasteiger partial charge on any atom is -0.396 e. The third-order valence-electron chi connectivity index (χ3n) is 3.66. The maximum absolute atomic E-state index is 11.4. The van der Waals surface area contributed by atoms with E-state index < -0.39 is 0 Å². The lowest BCUT2D eigenvalue weighted by molar-refractivity contribution is -0.120. The van der Waals surface area contributed by atoms with Crippen LogP contribution in [0.3, 0.4) is 0 Å². The first-order chi connectivity index (χ1) is 6.76. The molecule has 2 N–H and O–H groups in total. The average Bonchev–Trinajstić information content (AvgIpc) is 2.58. The second-order valence-corrected chi connectivity index (χ2v) is 4.39. The van der Waals surface area contributed by atoms with Crippen LogP contribution >= 0.6 is 0 Å². The Hall–Kier alpha value is -0.670. The van der Waals surface area contributed by atoms with Crippen molar-refractivity contribution in [2.45, 2.75) is 12.8 Å². The molecule has 14 heavy (non-hydrogen) atoms. The van der Waals surface area contributed by atoms with Gasteiger partial charge < -0.3 is 10.2 Å².